The molecule has 1 aromatic heterocycles. The summed E-state index contributed by atoms with van der Waals surface area (Å²) < 4.78 is 18.4. The fourth-order valence-corrected chi connectivity index (χ4v) is 3.16. The lowest BCUT2D eigenvalue weighted by Gasteiger charge is -2.07. The number of hydrogen-bond donors (Lipinski definition) is 0. The van der Waals surface area contributed by atoms with Crippen LogP contribution in [0.5, 0.6) is 5.75 Å². The van der Waals surface area contributed by atoms with E-state index in [4.69, 9.17) is 4.74 Å². The highest BCUT2D eigenvalue weighted by atomic mass is 32.1. The molecule has 0 saturated carbocycles. The van der Waals surface area contributed by atoms with Gasteiger partial charge in [0.25, 0.3) is 0 Å². The molecule has 0 unspecified atom stereocenters. The Kier molecular flexibility index (Phi) is 4.71. The average Bonchev–Trinajstić information content (AvgIpc) is 2.99. The van der Waals surface area contributed by atoms with Crippen molar-refractivity contribution in [2.24, 2.45) is 0 Å². The van der Waals surface area contributed by atoms with Crippen molar-refractivity contribution in [1.29, 1.82) is 0 Å². The zero-order valence-corrected chi connectivity index (χ0v) is 14.2. The normalized spacial score (nSPS) is 10.6. The quantitative estimate of drug-likeness (QED) is 0.509. The molecule has 0 atom stereocenters. The molecule has 3 aromatic rings. The number of ether oxygens (including phenoxy) is 1. The van der Waals surface area contributed by atoms with Gasteiger partial charge in [-0.1, -0.05) is 17.7 Å². The first-order valence-electron chi connectivity index (χ1n) is 7.49. The minimum Gasteiger partial charge on any atom is -0.426 e. The standard InChI is InChI=1S/C19H16FNO2S/c1-12-3-8-17(13(2)9-12)23-18(22)10-16-11-24-19(21-16)14-4-6-15(20)7-5-14/h3-9,11H,10H2,1-2H3. The van der Waals surface area contributed by atoms with E-state index in [0.29, 0.717) is 11.4 Å². The summed E-state index contributed by atoms with van der Waals surface area (Å²) in [7, 11) is 0. The van der Waals surface area contributed by atoms with E-state index < -0.39 is 0 Å². The van der Waals surface area contributed by atoms with Crippen LogP contribution in [0.4, 0.5) is 4.39 Å². The summed E-state index contributed by atoms with van der Waals surface area (Å²) in [6.07, 6.45) is 0.102. The minimum absolute atomic E-state index is 0.102. The van der Waals surface area contributed by atoms with Gasteiger partial charge in [0.05, 0.1) is 12.1 Å². The van der Waals surface area contributed by atoms with Gasteiger partial charge in [-0.3, -0.25) is 4.79 Å². The maximum absolute atomic E-state index is 13.0. The Morgan fingerprint density at radius 3 is 2.62 bits per heavy atom. The summed E-state index contributed by atoms with van der Waals surface area (Å²) >= 11 is 1.42. The molecule has 0 aliphatic rings. The van der Waals surface area contributed by atoms with Gasteiger partial charge >= 0.3 is 5.97 Å². The number of halogens is 1. The van der Waals surface area contributed by atoms with E-state index in [1.165, 1.54) is 23.5 Å². The Morgan fingerprint density at radius 2 is 1.92 bits per heavy atom. The fraction of sp³-hybridized carbons (Fsp3) is 0.158. The molecule has 0 saturated heterocycles. The van der Waals surface area contributed by atoms with Crippen LogP contribution in [-0.4, -0.2) is 11.0 Å². The smallest absolute Gasteiger partial charge is 0.317 e. The van der Waals surface area contributed by atoms with Gasteiger partial charge in [0, 0.05) is 10.9 Å². The van der Waals surface area contributed by atoms with Crippen molar-refractivity contribution in [2.45, 2.75) is 20.3 Å². The van der Waals surface area contributed by atoms with E-state index in [1.54, 1.807) is 18.2 Å². The maximum atomic E-state index is 13.0. The van der Waals surface area contributed by atoms with Gasteiger partial charge in [0.2, 0.25) is 0 Å². The van der Waals surface area contributed by atoms with E-state index >= 15 is 0 Å². The summed E-state index contributed by atoms with van der Waals surface area (Å²) in [5.74, 6) is -0.0647. The van der Waals surface area contributed by atoms with Gasteiger partial charge < -0.3 is 4.74 Å². The predicted molar refractivity (Wildman–Crippen MR) is 92.8 cm³/mol. The van der Waals surface area contributed by atoms with Crippen LogP contribution in [-0.2, 0) is 11.2 Å². The van der Waals surface area contributed by atoms with Gasteiger partial charge in [0.15, 0.2) is 0 Å². The first-order valence-corrected chi connectivity index (χ1v) is 8.37. The molecule has 122 valence electrons. The Bertz CT molecular complexity index is 871. The van der Waals surface area contributed by atoms with Gasteiger partial charge in [-0.25, -0.2) is 9.37 Å². The van der Waals surface area contributed by atoms with Crippen LogP contribution in [0.1, 0.15) is 16.8 Å². The van der Waals surface area contributed by atoms with Crippen molar-refractivity contribution in [3.05, 3.63) is 70.5 Å². The average molecular weight is 341 g/mol. The molecule has 1 heterocycles. The Labute approximate surface area is 143 Å². The summed E-state index contributed by atoms with van der Waals surface area (Å²) in [4.78, 5) is 16.5. The van der Waals surface area contributed by atoms with Crippen LogP contribution in [0.25, 0.3) is 10.6 Å². The molecule has 0 fully saturated rings. The number of aryl methyl sites for hydroxylation is 2. The van der Waals surface area contributed by atoms with Crippen molar-refractivity contribution < 1.29 is 13.9 Å². The highest BCUT2D eigenvalue weighted by molar-refractivity contribution is 7.13. The molecule has 3 nitrogen and oxygen atoms in total. The van der Waals surface area contributed by atoms with Crippen molar-refractivity contribution in [3.63, 3.8) is 0 Å². The molecule has 3 rings (SSSR count). The first kappa shape index (κ1) is 16.3. The number of carbonyl (C=O) groups excluding carboxylic acids is 1. The van der Waals surface area contributed by atoms with Crippen LogP contribution in [0.15, 0.2) is 47.8 Å². The van der Waals surface area contributed by atoms with Gasteiger partial charge in [0.1, 0.15) is 16.6 Å². The second kappa shape index (κ2) is 6.93. The van der Waals surface area contributed by atoms with E-state index in [0.717, 1.165) is 21.7 Å². The van der Waals surface area contributed by atoms with Crippen LogP contribution in [0.3, 0.4) is 0 Å². The summed E-state index contributed by atoms with van der Waals surface area (Å²) in [5, 5.41) is 2.58. The van der Waals surface area contributed by atoms with E-state index in [-0.39, 0.29) is 18.2 Å². The van der Waals surface area contributed by atoms with Crippen molar-refractivity contribution in [3.8, 4) is 16.3 Å². The molecule has 0 spiro atoms. The maximum Gasteiger partial charge on any atom is 0.317 e. The van der Waals surface area contributed by atoms with Crippen LogP contribution in [0.2, 0.25) is 0 Å². The number of carbonyl (C=O) groups is 1. The third-order valence-corrected chi connectivity index (χ3v) is 4.46. The van der Waals surface area contributed by atoms with Crippen molar-refractivity contribution >= 4 is 17.3 Å². The topological polar surface area (TPSA) is 39.2 Å². The molecule has 24 heavy (non-hydrogen) atoms. The van der Waals surface area contributed by atoms with Gasteiger partial charge in [-0.2, -0.15) is 0 Å². The van der Waals surface area contributed by atoms with E-state index in [2.05, 4.69) is 4.98 Å². The third kappa shape index (κ3) is 3.86. The molecule has 0 bridgehead atoms. The zero-order valence-electron chi connectivity index (χ0n) is 13.4. The highest BCUT2D eigenvalue weighted by Crippen LogP contribution is 2.25. The number of aromatic nitrogens is 1. The van der Waals surface area contributed by atoms with Crippen LogP contribution >= 0.6 is 11.3 Å². The summed E-state index contributed by atoms with van der Waals surface area (Å²) in [6.45, 7) is 3.90. The van der Waals surface area contributed by atoms with Crippen LogP contribution < -0.4 is 4.74 Å². The number of rotatable bonds is 4. The predicted octanol–water partition coefficient (Wildman–Crippen LogP) is 4.71. The first-order chi connectivity index (χ1) is 11.5. The molecule has 0 aliphatic carbocycles. The lowest BCUT2D eigenvalue weighted by molar-refractivity contribution is -0.133. The molecule has 0 amide bonds. The second-order valence-corrected chi connectivity index (χ2v) is 6.43. The molecular formula is C19H16FNO2S. The zero-order chi connectivity index (χ0) is 17.1. The number of thiazole rings is 1. The Hall–Kier alpha value is -2.53. The SMILES string of the molecule is Cc1ccc(OC(=O)Cc2csc(-c3ccc(F)cc3)n2)c(C)c1. The van der Waals surface area contributed by atoms with Crippen molar-refractivity contribution in [1.82, 2.24) is 4.98 Å². The third-order valence-electron chi connectivity index (χ3n) is 3.52. The monoisotopic (exact) mass is 341 g/mol. The van der Waals surface area contributed by atoms with Gasteiger partial charge in [-0.15, -0.1) is 11.3 Å². The highest BCUT2D eigenvalue weighted by Gasteiger charge is 2.12. The molecule has 0 radical (unpaired) electrons. The summed E-state index contributed by atoms with van der Waals surface area (Å²) in [5.41, 5.74) is 3.52. The Balaban J connectivity index is 1.68. The number of esters is 1. The lowest BCUT2D eigenvalue weighted by Crippen LogP contribution is -2.12. The lowest BCUT2D eigenvalue weighted by atomic mass is 10.1. The Morgan fingerprint density at radius 1 is 1.17 bits per heavy atom. The molecule has 0 N–H and O–H groups in total. The molecular weight excluding hydrogens is 325 g/mol. The van der Waals surface area contributed by atoms with E-state index in [9.17, 15) is 9.18 Å². The fourth-order valence-electron chi connectivity index (χ4n) is 2.33. The van der Waals surface area contributed by atoms with Crippen molar-refractivity contribution in [2.75, 3.05) is 0 Å². The molecule has 0 aliphatic heterocycles. The van der Waals surface area contributed by atoms with Gasteiger partial charge in [-0.05, 0) is 49.7 Å². The van der Waals surface area contributed by atoms with Crippen LogP contribution in [0, 0.1) is 19.7 Å². The minimum atomic E-state index is -0.349. The largest absolute Gasteiger partial charge is 0.426 e. The molecule has 2 aromatic carbocycles. The number of hydrogen-bond acceptors (Lipinski definition) is 4. The molecule has 5 heteroatoms. The number of nitrogens with zero attached hydrogens (tertiary/aromatic N) is 1. The number of benzene rings is 2. The second-order valence-electron chi connectivity index (χ2n) is 5.57. The van der Waals surface area contributed by atoms with E-state index in [1.807, 2.05) is 31.4 Å². The summed E-state index contributed by atoms with van der Waals surface area (Å²) in [6, 6.07) is 11.8.